The van der Waals surface area contributed by atoms with E-state index in [2.05, 4.69) is 99.4 Å². The molecule has 0 amide bonds. The van der Waals surface area contributed by atoms with Gasteiger partial charge in [-0.05, 0) is 47.5 Å². The Hall–Kier alpha value is -5.49. The molecule has 8 rings (SSSR count). The normalized spacial score (nSPS) is 11.7. The van der Waals surface area contributed by atoms with Gasteiger partial charge >= 0.3 is 0 Å². The average molecular weight is 562 g/mol. The molecule has 0 spiro atoms. The molecule has 208 valence electrons. The quantitative estimate of drug-likeness (QED) is 0.212. The summed E-state index contributed by atoms with van der Waals surface area (Å²) in [6.45, 7) is 1.92. The first kappa shape index (κ1) is 25.2. The minimum absolute atomic E-state index is 0.234. The number of halogens is 1. The second-order valence-electron chi connectivity index (χ2n) is 10.9. The van der Waals surface area contributed by atoms with Crippen LogP contribution in [0.3, 0.4) is 0 Å². The van der Waals surface area contributed by atoms with Gasteiger partial charge in [0.05, 0.1) is 29.5 Å². The van der Waals surface area contributed by atoms with E-state index in [0.29, 0.717) is 13.1 Å². The average Bonchev–Trinajstić information content (AvgIpc) is 3.54. The molecule has 4 aromatic heterocycles. The maximum absolute atomic E-state index is 13.6. The zero-order valence-electron chi connectivity index (χ0n) is 23.4. The summed E-state index contributed by atoms with van der Waals surface area (Å²) in [7, 11) is 0. The number of pyridine rings is 2. The molecule has 0 atom stereocenters. The van der Waals surface area contributed by atoms with E-state index < -0.39 is 0 Å². The molecule has 1 N–H and O–H groups in total. The van der Waals surface area contributed by atoms with Crippen LogP contribution in [0.25, 0.3) is 43.6 Å². The summed E-state index contributed by atoms with van der Waals surface area (Å²) < 4.78 is 18.3. The van der Waals surface area contributed by atoms with Gasteiger partial charge in [-0.3, -0.25) is 4.98 Å². The highest BCUT2D eigenvalue weighted by atomic mass is 19.1. The summed E-state index contributed by atoms with van der Waals surface area (Å²) in [5.41, 5.74) is 7.68. The molecule has 4 heterocycles. The smallest absolute Gasteiger partial charge is 0.150 e. The lowest BCUT2D eigenvalue weighted by atomic mass is 10.1. The number of hydrogen-bond acceptors (Lipinski definition) is 3. The van der Waals surface area contributed by atoms with Crippen LogP contribution in [0.4, 0.5) is 10.2 Å². The number of aromatic nitrogens is 4. The van der Waals surface area contributed by atoms with Crippen LogP contribution in [-0.2, 0) is 19.6 Å². The van der Waals surface area contributed by atoms with Gasteiger partial charge < -0.3 is 14.5 Å². The van der Waals surface area contributed by atoms with Gasteiger partial charge in [-0.15, -0.1) is 0 Å². The largest absolute Gasteiger partial charge is 0.363 e. The first-order valence-corrected chi connectivity index (χ1v) is 14.5. The van der Waals surface area contributed by atoms with Crippen molar-refractivity contribution in [2.75, 3.05) is 5.32 Å². The lowest BCUT2D eigenvalue weighted by molar-refractivity contribution is 0.626. The minimum atomic E-state index is -0.234. The molecule has 0 unspecified atom stereocenters. The van der Waals surface area contributed by atoms with Crippen molar-refractivity contribution < 1.29 is 4.39 Å². The second-order valence-corrected chi connectivity index (χ2v) is 10.9. The summed E-state index contributed by atoms with van der Waals surface area (Å²) in [4.78, 5) is 9.66. The number of rotatable bonds is 7. The summed E-state index contributed by atoms with van der Waals surface area (Å²) in [6, 6.07) is 38.4. The third-order valence-corrected chi connectivity index (χ3v) is 8.27. The standard InChI is InChI=1S/C37H28FN5/c38-27-16-14-26(15-17-27)24-43-34-13-7-4-10-29(34)31-18-19-39-37(36(31)43)41-21-28-20-32-30-11-5-6-12-33(30)42(35(32)22-40-28)23-25-8-2-1-3-9-25/h1-20,22H,21,23-24H2,(H,39,41). The Morgan fingerprint density at radius 2 is 1.23 bits per heavy atom. The van der Waals surface area contributed by atoms with Gasteiger partial charge in [-0.25, -0.2) is 9.37 Å². The van der Waals surface area contributed by atoms with Crippen LogP contribution in [0.15, 0.2) is 128 Å². The summed E-state index contributed by atoms with van der Waals surface area (Å²) in [5, 5.41) is 8.30. The zero-order chi connectivity index (χ0) is 28.8. The maximum atomic E-state index is 13.6. The molecule has 0 aliphatic heterocycles. The van der Waals surface area contributed by atoms with Crippen LogP contribution in [0.1, 0.15) is 16.8 Å². The predicted octanol–water partition coefficient (Wildman–Crippen LogP) is 8.54. The highest BCUT2D eigenvalue weighted by Gasteiger charge is 2.16. The van der Waals surface area contributed by atoms with E-state index in [-0.39, 0.29) is 5.82 Å². The number of hydrogen-bond donors (Lipinski definition) is 1. The van der Waals surface area contributed by atoms with Gasteiger partial charge in [0.2, 0.25) is 0 Å². The molecule has 0 saturated heterocycles. The number of nitrogens with one attached hydrogen (secondary N) is 1. The number of anilines is 1. The van der Waals surface area contributed by atoms with Crippen molar-refractivity contribution in [2.24, 2.45) is 0 Å². The van der Waals surface area contributed by atoms with Crippen molar-refractivity contribution >= 4 is 49.4 Å². The lowest BCUT2D eigenvalue weighted by Crippen LogP contribution is -2.07. The van der Waals surface area contributed by atoms with Crippen LogP contribution >= 0.6 is 0 Å². The van der Waals surface area contributed by atoms with Crippen LogP contribution in [0.5, 0.6) is 0 Å². The highest BCUT2D eigenvalue weighted by molar-refractivity contribution is 6.11. The molecule has 4 aromatic carbocycles. The van der Waals surface area contributed by atoms with Gasteiger partial charge in [0, 0.05) is 51.9 Å². The van der Waals surface area contributed by atoms with Crippen LogP contribution in [0.2, 0.25) is 0 Å². The fourth-order valence-electron chi connectivity index (χ4n) is 6.26. The summed E-state index contributed by atoms with van der Waals surface area (Å²) >= 11 is 0. The number of nitrogens with zero attached hydrogens (tertiary/aromatic N) is 4. The fourth-order valence-corrected chi connectivity index (χ4v) is 6.26. The highest BCUT2D eigenvalue weighted by Crippen LogP contribution is 2.34. The predicted molar refractivity (Wildman–Crippen MR) is 173 cm³/mol. The SMILES string of the molecule is Fc1ccc(Cn2c3ccccc3c3ccnc(NCc4cc5c6ccccc6n(Cc6ccccc6)c5cn4)c32)cc1. The number of fused-ring (bicyclic) bond motifs is 6. The molecule has 6 heteroatoms. The van der Waals surface area contributed by atoms with E-state index in [1.54, 1.807) is 0 Å². The van der Waals surface area contributed by atoms with Gasteiger partial charge in [-0.2, -0.15) is 0 Å². The van der Waals surface area contributed by atoms with Crippen molar-refractivity contribution in [1.82, 2.24) is 19.1 Å². The Morgan fingerprint density at radius 3 is 2.02 bits per heavy atom. The lowest BCUT2D eigenvalue weighted by Gasteiger charge is -2.12. The van der Waals surface area contributed by atoms with Crippen molar-refractivity contribution in [3.05, 3.63) is 150 Å². The molecule has 0 fully saturated rings. The summed E-state index contributed by atoms with van der Waals surface area (Å²) in [6.07, 6.45) is 3.85. The Kier molecular flexibility index (Phi) is 6.11. The molecule has 0 bridgehead atoms. The Labute approximate surface area is 247 Å². The van der Waals surface area contributed by atoms with E-state index in [0.717, 1.165) is 50.9 Å². The number of para-hydroxylation sites is 2. The van der Waals surface area contributed by atoms with Gasteiger partial charge in [0.15, 0.2) is 5.82 Å². The topological polar surface area (TPSA) is 47.7 Å². The molecule has 0 aliphatic rings. The molecule has 8 aromatic rings. The van der Waals surface area contributed by atoms with Crippen molar-refractivity contribution in [1.29, 1.82) is 0 Å². The van der Waals surface area contributed by atoms with Crippen molar-refractivity contribution in [3.8, 4) is 0 Å². The van der Waals surface area contributed by atoms with E-state index in [9.17, 15) is 4.39 Å². The van der Waals surface area contributed by atoms with Crippen LogP contribution < -0.4 is 5.32 Å². The van der Waals surface area contributed by atoms with Gasteiger partial charge in [-0.1, -0.05) is 78.9 Å². The van der Waals surface area contributed by atoms with Crippen LogP contribution in [-0.4, -0.2) is 19.1 Å². The Balaban J connectivity index is 1.17. The molecular formula is C37H28FN5. The van der Waals surface area contributed by atoms with E-state index in [4.69, 9.17) is 9.97 Å². The number of benzene rings is 4. The van der Waals surface area contributed by atoms with Gasteiger partial charge in [0.1, 0.15) is 5.82 Å². The minimum Gasteiger partial charge on any atom is -0.363 e. The Morgan fingerprint density at radius 1 is 0.581 bits per heavy atom. The van der Waals surface area contributed by atoms with E-state index in [1.165, 1.54) is 34.0 Å². The fraction of sp³-hybridized carbons (Fsp3) is 0.0811. The second kappa shape index (κ2) is 10.4. The Bertz CT molecular complexity index is 2250. The van der Waals surface area contributed by atoms with Crippen molar-refractivity contribution in [2.45, 2.75) is 19.6 Å². The van der Waals surface area contributed by atoms with Crippen LogP contribution in [0, 0.1) is 5.82 Å². The molecule has 43 heavy (non-hydrogen) atoms. The third-order valence-electron chi connectivity index (χ3n) is 8.27. The van der Waals surface area contributed by atoms with Crippen molar-refractivity contribution in [3.63, 3.8) is 0 Å². The molecule has 0 saturated carbocycles. The maximum Gasteiger partial charge on any atom is 0.150 e. The first-order chi connectivity index (χ1) is 21.2. The first-order valence-electron chi connectivity index (χ1n) is 14.5. The zero-order valence-corrected chi connectivity index (χ0v) is 23.4. The van der Waals surface area contributed by atoms with Gasteiger partial charge in [0.25, 0.3) is 0 Å². The molecular weight excluding hydrogens is 533 g/mol. The third kappa shape index (κ3) is 4.48. The van der Waals surface area contributed by atoms with E-state index in [1.807, 2.05) is 30.6 Å². The molecule has 0 radical (unpaired) electrons. The molecule has 0 aliphatic carbocycles. The summed E-state index contributed by atoms with van der Waals surface area (Å²) in [5.74, 6) is 0.562. The monoisotopic (exact) mass is 561 g/mol. The van der Waals surface area contributed by atoms with E-state index >= 15 is 0 Å². The molecule has 5 nitrogen and oxygen atoms in total.